The van der Waals surface area contributed by atoms with Crippen LogP contribution in [0.15, 0.2) is 36.4 Å². The molecule has 2 aromatic carbocycles. The molecule has 0 aliphatic heterocycles. The van der Waals surface area contributed by atoms with Gasteiger partial charge in [-0.15, -0.1) is 0 Å². The predicted octanol–water partition coefficient (Wildman–Crippen LogP) is 5.14. The van der Waals surface area contributed by atoms with Gasteiger partial charge in [0.05, 0.1) is 6.61 Å². The number of hydrogen-bond acceptors (Lipinski definition) is 2. The van der Waals surface area contributed by atoms with Gasteiger partial charge in [-0.1, -0.05) is 23.2 Å². The van der Waals surface area contributed by atoms with Crippen LogP contribution in [-0.2, 0) is 6.54 Å². The summed E-state index contributed by atoms with van der Waals surface area (Å²) in [5.41, 5.74) is 1.60. The SMILES string of the molecule is CCOc1ccc(NCc2cc(Cl)cc(Cl)c2)cc1F. The van der Waals surface area contributed by atoms with Gasteiger partial charge in [0.25, 0.3) is 0 Å². The van der Waals surface area contributed by atoms with Crippen molar-refractivity contribution in [2.75, 3.05) is 11.9 Å². The average molecular weight is 314 g/mol. The van der Waals surface area contributed by atoms with E-state index in [0.717, 1.165) is 5.56 Å². The second-order valence-electron chi connectivity index (χ2n) is 4.21. The first-order valence-corrected chi connectivity index (χ1v) is 6.95. The van der Waals surface area contributed by atoms with E-state index in [9.17, 15) is 4.39 Å². The van der Waals surface area contributed by atoms with E-state index in [4.69, 9.17) is 27.9 Å². The topological polar surface area (TPSA) is 21.3 Å². The lowest BCUT2D eigenvalue weighted by atomic mass is 10.2. The molecule has 0 aliphatic carbocycles. The third-order valence-corrected chi connectivity index (χ3v) is 3.09. The lowest BCUT2D eigenvalue weighted by Crippen LogP contribution is -2.01. The zero-order valence-electron chi connectivity index (χ0n) is 10.9. The van der Waals surface area contributed by atoms with Crippen LogP contribution in [0.1, 0.15) is 12.5 Å². The number of anilines is 1. The molecule has 2 aromatic rings. The highest BCUT2D eigenvalue weighted by Crippen LogP contribution is 2.23. The Morgan fingerprint density at radius 1 is 1.10 bits per heavy atom. The zero-order chi connectivity index (χ0) is 14.5. The van der Waals surface area contributed by atoms with Crippen LogP contribution in [0.3, 0.4) is 0 Å². The lowest BCUT2D eigenvalue weighted by Gasteiger charge is -2.10. The summed E-state index contributed by atoms with van der Waals surface area (Å²) in [5, 5.41) is 4.26. The van der Waals surface area contributed by atoms with E-state index in [0.29, 0.717) is 28.9 Å². The number of rotatable bonds is 5. The Morgan fingerprint density at radius 3 is 2.40 bits per heavy atom. The summed E-state index contributed by atoms with van der Waals surface area (Å²) >= 11 is 11.8. The Labute approximate surface area is 127 Å². The Balaban J connectivity index is 2.05. The van der Waals surface area contributed by atoms with Crippen molar-refractivity contribution in [1.29, 1.82) is 0 Å². The first-order chi connectivity index (χ1) is 9.58. The summed E-state index contributed by atoms with van der Waals surface area (Å²) in [7, 11) is 0. The van der Waals surface area contributed by atoms with Gasteiger partial charge < -0.3 is 10.1 Å². The molecule has 1 N–H and O–H groups in total. The number of benzene rings is 2. The van der Waals surface area contributed by atoms with Crippen molar-refractivity contribution in [3.05, 3.63) is 57.8 Å². The van der Waals surface area contributed by atoms with E-state index < -0.39 is 0 Å². The molecule has 0 aromatic heterocycles. The summed E-state index contributed by atoms with van der Waals surface area (Å²) < 4.78 is 18.8. The van der Waals surface area contributed by atoms with Crippen molar-refractivity contribution in [1.82, 2.24) is 0 Å². The smallest absolute Gasteiger partial charge is 0.167 e. The minimum absolute atomic E-state index is 0.254. The molecule has 106 valence electrons. The molecule has 0 aliphatic rings. The molecule has 0 saturated carbocycles. The summed E-state index contributed by atoms with van der Waals surface area (Å²) in [4.78, 5) is 0. The van der Waals surface area contributed by atoms with Gasteiger partial charge in [-0.2, -0.15) is 0 Å². The molecule has 0 atom stereocenters. The first kappa shape index (κ1) is 14.9. The normalized spacial score (nSPS) is 10.4. The van der Waals surface area contributed by atoms with Crippen molar-refractivity contribution in [2.24, 2.45) is 0 Å². The summed E-state index contributed by atoms with van der Waals surface area (Å²) in [6.07, 6.45) is 0. The van der Waals surface area contributed by atoms with Gasteiger partial charge in [-0.05, 0) is 42.8 Å². The minimum atomic E-state index is -0.388. The highest BCUT2D eigenvalue weighted by Gasteiger charge is 2.04. The number of hydrogen-bond donors (Lipinski definition) is 1. The monoisotopic (exact) mass is 313 g/mol. The van der Waals surface area contributed by atoms with E-state index in [2.05, 4.69) is 5.32 Å². The van der Waals surface area contributed by atoms with Crippen molar-refractivity contribution in [3.8, 4) is 5.75 Å². The standard InChI is InChI=1S/C15H14Cl2FNO/c1-2-20-15-4-3-13(8-14(15)18)19-9-10-5-11(16)7-12(17)6-10/h3-8,19H,2,9H2,1H3. The van der Waals surface area contributed by atoms with Gasteiger partial charge >= 0.3 is 0 Å². The molecule has 0 spiro atoms. The van der Waals surface area contributed by atoms with Crippen molar-refractivity contribution >= 4 is 28.9 Å². The van der Waals surface area contributed by atoms with Crippen LogP contribution < -0.4 is 10.1 Å². The third-order valence-electron chi connectivity index (χ3n) is 2.65. The third kappa shape index (κ3) is 4.02. The number of nitrogens with one attached hydrogen (secondary N) is 1. The van der Waals surface area contributed by atoms with E-state index in [1.54, 1.807) is 18.2 Å². The predicted molar refractivity (Wildman–Crippen MR) is 81.4 cm³/mol. The van der Waals surface area contributed by atoms with Crippen molar-refractivity contribution in [3.63, 3.8) is 0 Å². The lowest BCUT2D eigenvalue weighted by molar-refractivity contribution is 0.321. The van der Waals surface area contributed by atoms with Crippen LogP contribution in [0.4, 0.5) is 10.1 Å². The summed E-state index contributed by atoms with van der Waals surface area (Å²) in [5.74, 6) is -0.134. The highest BCUT2D eigenvalue weighted by molar-refractivity contribution is 6.34. The highest BCUT2D eigenvalue weighted by atomic mass is 35.5. The maximum absolute atomic E-state index is 13.7. The molecule has 0 bridgehead atoms. The second-order valence-corrected chi connectivity index (χ2v) is 5.08. The number of ether oxygens (including phenoxy) is 1. The fourth-order valence-corrected chi connectivity index (χ4v) is 2.37. The molecule has 2 nitrogen and oxygen atoms in total. The largest absolute Gasteiger partial charge is 0.491 e. The molecular weight excluding hydrogens is 300 g/mol. The van der Waals surface area contributed by atoms with Gasteiger partial charge in [-0.25, -0.2) is 4.39 Å². The number of halogens is 3. The second kappa shape index (κ2) is 6.82. The van der Waals surface area contributed by atoms with Gasteiger partial charge in [0, 0.05) is 28.3 Å². The molecule has 0 saturated heterocycles. The summed E-state index contributed by atoms with van der Waals surface area (Å²) in [6.45, 7) is 2.76. The van der Waals surface area contributed by atoms with Gasteiger partial charge in [-0.3, -0.25) is 0 Å². The van der Waals surface area contributed by atoms with E-state index in [1.807, 2.05) is 19.1 Å². The Hall–Kier alpha value is -1.45. The summed E-state index contributed by atoms with van der Waals surface area (Å²) in [6, 6.07) is 10.1. The van der Waals surface area contributed by atoms with Crippen LogP contribution in [0.25, 0.3) is 0 Å². The molecule has 5 heteroatoms. The fraction of sp³-hybridized carbons (Fsp3) is 0.200. The maximum atomic E-state index is 13.7. The van der Waals surface area contributed by atoms with Gasteiger partial charge in [0.15, 0.2) is 11.6 Å². The first-order valence-electron chi connectivity index (χ1n) is 6.19. The molecule has 0 unspecified atom stereocenters. The Morgan fingerprint density at radius 2 is 1.80 bits per heavy atom. The fourth-order valence-electron chi connectivity index (χ4n) is 1.80. The molecular formula is C15H14Cl2FNO. The quantitative estimate of drug-likeness (QED) is 0.824. The molecule has 0 heterocycles. The minimum Gasteiger partial charge on any atom is -0.491 e. The van der Waals surface area contributed by atoms with Gasteiger partial charge in [0.1, 0.15) is 0 Å². The van der Waals surface area contributed by atoms with Crippen LogP contribution in [0, 0.1) is 5.82 Å². The Kier molecular flexibility index (Phi) is 5.10. The maximum Gasteiger partial charge on any atom is 0.167 e. The van der Waals surface area contributed by atoms with E-state index >= 15 is 0 Å². The van der Waals surface area contributed by atoms with Crippen LogP contribution in [0.5, 0.6) is 5.75 Å². The zero-order valence-corrected chi connectivity index (χ0v) is 12.4. The van der Waals surface area contributed by atoms with Crippen LogP contribution in [0.2, 0.25) is 10.0 Å². The van der Waals surface area contributed by atoms with E-state index in [-0.39, 0.29) is 11.6 Å². The molecule has 20 heavy (non-hydrogen) atoms. The molecule has 0 amide bonds. The molecule has 0 radical (unpaired) electrons. The van der Waals surface area contributed by atoms with Crippen LogP contribution in [-0.4, -0.2) is 6.61 Å². The van der Waals surface area contributed by atoms with Crippen molar-refractivity contribution < 1.29 is 9.13 Å². The Bertz CT molecular complexity index is 584. The van der Waals surface area contributed by atoms with Gasteiger partial charge in [0.2, 0.25) is 0 Å². The average Bonchev–Trinajstić information content (AvgIpc) is 2.38. The van der Waals surface area contributed by atoms with E-state index in [1.165, 1.54) is 6.07 Å². The molecule has 0 fully saturated rings. The van der Waals surface area contributed by atoms with Crippen LogP contribution >= 0.6 is 23.2 Å². The molecule has 2 rings (SSSR count). The van der Waals surface area contributed by atoms with Crippen molar-refractivity contribution in [2.45, 2.75) is 13.5 Å².